The number of guanidine groups is 1. The van der Waals surface area contributed by atoms with Crippen LogP contribution in [0.15, 0.2) is 29.3 Å². The average molecular weight is 504 g/mol. The van der Waals surface area contributed by atoms with Crippen LogP contribution >= 0.6 is 24.0 Å². The zero-order valence-electron chi connectivity index (χ0n) is 17.6. The van der Waals surface area contributed by atoms with Gasteiger partial charge in [0, 0.05) is 32.8 Å². The van der Waals surface area contributed by atoms with E-state index in [1.54, 1.807) is 7.11 Å². The van der Waals surface area contributed by atoms with Crippen molar-refractivity contribution in [2.24, 2.45) is 10.9 Å². The third-order valence-electron chi connectivity index (χ3n) is 4.92. The van der Waals surface area contributed by atoms with Crippen LogP contribution in [-0.2, 0) is 11.3 Å². The van der Waals surface area contributed by atoms with Crippen LogP contribution in [0.1, 0.15) is 32.3 Å². The van der Waals surface area contributed by atoms with E-state index in [9.17, 15) is 0 Å². The van der Waals surface area contributed by atoms with Gasteiger partial charge in [-0.2, -0.15) is 0 Å². The molecule has 0 aliphatic carbocycles. The van der Waals surface area contributed by atoms with Gasteiger partial charge in [0.2, 0.25) is 0 Å². The van der Waals surface area contributed by atoms with Gasteiger partial charge in [-0.05, 0) is 56.5 Å². The second-order valence-corrected chi connectivity index (χ2v) is 6.92. The van der Waals surface area contributed by atoms with Crippen LogP contribution in [0.4, 0.5) is 0 Å². The third kappa shape index (κ3) is 9.43. The molecule has 1 aliphatic heterocycles. The molecule has 0 spiro atoms. The number of rotatable bonds is 11. The summed E-state index contributed by atoms with van der Waals surface area (Å²) in [6.45, 7) is 11.8. The van der Waals surface area contributed by atoms with Crippen molar-refractivity contribution in [1.29, 1.82) is 0 Å². The molecule has 0 saturated carbocycles. The molecule has 1 heterocycles. The summed E-state index contributed by atoms with van der Waals surface area (Å²) in [7, 11) is 1.68. The normalized spacial score (nSPS) is 17.2. The van der Waals surface area contributed by atoms with Crippen LogP contribution in [0, 0.1) is 5.92 Å². The molecule has 1 aliphatic rings. The fourth-order valence-corrected chi connectivity index (χ4v) is 3.21. The van der Waals surface area contributed by atoms with Gasteiger partial charge in [0.05, 0.1) is 13.7 Å². The van der Waals surface area contributed by atoms with Crippen molar-refractivity contribution in [2.75, 3.05) is 53.0 Å². The predicted octanol–water partition coefficient (Wildman–Crippen LogP) is 3.12. The minimum Gasteiger partial charge on any atom is -0.497 e. The molecule has 6 nitrogen and oxygen atoms in total. The number of aliphatic imine (C=N–C) groups is 1. The van der Waals surface area contributed by atoms with Crippen LogP contribution in [-0.4, -0.2) is 63.9 Å². The highest BCUT2D eigenvalue weighted by atomic mass is 127. The van der Waals surface area contributed by atoms with Crippen molar-refractivity contribution in [3.63, 3.8) is 0 Å². The highest BCUT2D eigenvalue weighted by Crippen LogP contribution is 2.14. The summed E-state index contributed by atoms with van der Waals surface area (Å²) in [5, 5.41) is 6.98. The van der Waals surface area contributed by atoms with Gasteiger partial charge in [0.1, 0.15) is 5.75 Å². The number of benzene rings is 1. The van der Waals surface area contributed by atoms with Crippen LogP contribution in [0.25, 0.3) is 0 Å². The van der Waals surface area contributed by atoms with E-state index in [-0.39, 0.29) is 24.0 Å². The Morgan fingerprint density at radius 1 is 1.21 bits per heavy atom. The molecule has 0 amide bonds. The molecule has 1 fully saturated rings. The second kappa shape index (κ2) is 14.9. The van der Waals surface area contributed by atoms with Crippen LogP contribution in [0.5, 0.6) is 5.75 Å². The third-order valence-corrected chi connectivity index (χ3v) is 4.92. The van der Waals surface area contributed by atoms with Crippen LogP contribution in [0.3, 0.4) is 0 Å². The first-order chi connectivity index (χ1) is 13.2. The molecule has 0 bridgehead atoms. The lowest BCUT2D eigenvalue weighted by atomic mass is 10.1. The van der Waals surface area contributed by atoms with Crippen molar-refractivity contribution in [3.8, 4) is 5.75 Å². The fourth-order valence-electron chi connectivity index (χ4n) is 3.21. The first-order valence-electron chi connectivity index (χ1n) is 10.2. The molecule has 1 aromatic rings. The molecular formula is C21H37IN4O2. The van der Waals surface area contributed by atoms with Gasteiger partial charge in [-0.1, -0.05) is 19.1 Å². The largest absolute Gasteiger partial charge is 0.497 e. The molecule has 1 saturated heterocycles. The van der Waals surface area contributed by atoms with Crippen molar-refractivity contribution in [2.45, 2.75) is 33.2 Å². The Bertz CT molecular complexity index is 554. The SMILES string of the molecule is CCOCCCNC(=NCc1ccc(OC)cc1)NCC1CCN(CC)C1.I. The first-order valence-corrected chi connectivity index (χ1v) is 10.2. The molecule has 0 aromatic heterocycles. The summed E-state index contributed by atoms with van der Waals surface area (Å²) >= 11 is 0. The number of likely N-dealkylation sites (tertiary alicyclic amines) is 1. The van der Waals surface area contributed by atoms with Crippen molar-refractivity contribution in [3.05, 3.63) is 29.8 Å². The summed E-state index contributed by atoms with van der Waals surface area (Å²) in [6.07, 6.45) is 2.24. The summed E-state index contributed by atoms with van der Waals surface area (Å²) in [6, 6.07) is 8.08. The van der Waals surface area contributed by atoms with Crippen LogP contribution in [0.2, 0.25) is 0 Å². The predicted molar refractivity (Wildman–Crippen MR) is 127 cm³/mol. The maximum atomic E-state index is 5.41. The number of halogens is 1. The molecule has 1 unspecified atom stereocenters. The van der Waals surface area contributed by atoms with E-state index < -0.39 is 0 Å². The molecule has 2 N–H and O–H groups in total. The lowest BCUT2D eigenvalue weighted by Crippen LogP contribution is -2.41. The van der Waals surface area contributed by atoms with Gasteiger partial charge in [-0.15, -0.1) is 24.0 Å². The van der Waals surface area contributed by atoms with E-state index in [0.717, 1.165) is 51.0 Å². The Balaban J connectivity index is 0.00000392. The van der Waals surface area contributed by atoms with E-state index in [2.05, 4.69) is 34.6 Å². The first kappa shape index (κ1) is 25.0. The van der Waals surface area contributed by atoms with Gasteiger partial charge < -0.3 is 25.0 Å². The maximum Gasteiger partial charge on any atom is 0.191 e. The second-order valence-electron chi connectivity index (χ2n) is 6.92. The van der Waals surface area contributed by atoms with Crippen molar-refractivity contribution >= 4 is 29.9 Å². The molecule has 0 radical (unpaired) electrons. The molecule has 2 rings (SSSR count). The fraction of sp³-hybridized carbons (Fsp3) is 0.667. The number of methoxy groups -OCH3 is 1. The summed E-state index contributed by atoms with van der Waals surface area (Å²) in [5.74, 6) is 2.45. The summed E-state index contributed by atoms with van der Waals surface area (Å²) in [4.78, 5) is 7.28. The zero-order valence-corrected chi connectivity index (χ0v) is 19.9. The lowest BCUT2D eigenvalue weighted by Gasteiger charge is -2.17. The van der Waals surface area contributed by atoms with E-state index in [4.69, 9.17) is 14.5 Å². The smallest absolute Gasteiger partial charge is 0.191 e. The van der Waals surface area contributed by atoms with E-state index >= 15 is 0 Å². The van der Waals surface area contributed by atoms with Gasteiger partial charge >= 0.3 is 0 Å². The molecule has 7 heteroatoms. The Kier molecular flexibility index (Phi) is 13.3. The lowest BCUT2D eigenvalue weighted by molar-refractivity contribution is 0.145. The molecule has 1 aromatic carbocycles. The van der Waals surface area contributed by atoms with Crippen molar-refractivity contribution < 1.29 is 9.47 Å². The van der Waals surface area contributed by atoms with Gasteiger partial charge in [0.25, 0.3) is 0 Å². The summed E-state index contributed by atoms with van der Waals surface area (Å²) in [5.41, 5.74) is 1.17. The van der Waals surface area contributed by atoms with Gasteiger partial charge in [-0.3, -0.25) is 0 Å². The van der Waals surface area contributed by atoms with E-state index in [1.807, 2.05) is 19.1 Å². The minimum atomic E-state index is 0. The highest BCUT2D eigenvalue weighted by molar-refractivity contribution is 14.0. The topological polar surface area (TPSA) is 58.1 Å². The minimum absolute atomic E-state index is 0. The molecule has 1 atom stereocenters. The van der Waals surface area contributed by atoms with Crippen LogP contribution < -0.4 is 15.4 Å². The summed E-state index contributed by atoms with van der Waals surface area (Å²) < 4.78 is 10.6. The number of ether oxygens (including phenoxy) is 2. The van der Waals surface area contributed by atoms with Crippen molar-refractivity contribution in [1.82, 2.24) is 15.5 Å². The zero-order chi connectivity index (χ0) is 19.3. The number of nitrogens with one attached hydrogen (secondary N) is 2. The highest BCUT2D eigenvalue weighted by Gasteiger charge is 2.20. The Morgan fingerprint density at radius 3 is 2.64 bits per heavy atom. The molecule has 28 heavy (non-hydrogen) atoms. The van der Waals surface area contributed by atoms with E-state index in [0.29, 0.717) is 12.5 Å². The number of hydrogen-bond donors (Lipinski definition) is 2. The monoisotopic (exact) mass is 504 g/mol. The Hall–Kier alpha value is -1.06. The molecule has 160 valence electrons. The van der Waals surface area contributed by atoms with E-state index in [1.165, 1.54) is 25.1 Å². The Labute approximate surface area is 187 Å². The maximum absolute atomic E-state index is 5.41. The molecular weight excluding hydrogens is 467 g/mol. The van der Waals surface area contributed by atoms with Gasteiger partial charge in [-0.25, -0.2) is 4.99 Å². The standard InChI is InChI=1S/C21H36N4O2.HI/c1-4-25-13-11-19(17-25)16-24-21(22-12-6-14-27-5-2)23-15-18-7-9-20(26-3)10-8-18;/h7-10,19H,4-6,11-17H2,1-3H3,(H2,22,23,24);1H. The number of nitrogens with zero attached hydrogens (tertiary/aromatic N) is 2. The quantitative estimate of drug-likeness (QED) is 0.210. The Morgan fingerprint density at radius 2 is 2.00 bits per heavy atom. The average Bonchev–Trinajstić information content (AvgIpc) is 3.17. The number of hydrogen-bond acceptors (Lipinski definition) is 4. The van der Waals surface area contributed by atoms with Gasteiger partial charge in [0.15, 0.2) is 5.96 Å².